The number of aromatic nitrogens is 8. The van der Waals surface area contributed by atoms with Crippen LogP contribution in [0.5, 0.6) is 5.75 Å². The molecule has 0 bridgehead atoms. The number of aromatic carboxylic acids is 1. The molecule has 0 atom stereocenters. The van der Waals surface area contributed by atoms with Gasteiger partial charge in [-0.25, -0.2) is 19.0 Å². The molecule has 224 valence electrons. The topological polar surface area (TPSA) is 171 Å². The highest BCUT2D eigenvalue weighted by Gasteiger charge is 2.16. The lowest BCUT2D eigenvalue weighted by molar-refractivity contribution is 0.0599. The van der Waals surface area contributed by atoms with Gasteiger partial charge < -0.3 is 14.9 Å². The number of fused-ring (bicyclic) bond motifs is 1. The highest BCUT2D eigenvalue weighted by Crippen LogP contribution is 2.28. The summed E-state index contributed by atoms with van der Waals surface area (Å²) >= 11 is 0. The molecule has 0 aliphatic heterocycles. The fourth-order valence-electron chi connectivity index (χ4n) is 5.06. The van der Waals surface area contributed by atoms with Crippen LogP contribution in [0.2, 0.25) is 0 Å². The lowest BCUT2D eigenvalue weighted by Gasteiger charge is -2.07. The molecule has 0 fully saturated rings. The molecule has 0 aliphatic rings. The average molecular weight is 611 g/mol. The SMILES string of the molecule is COC(=O)c1ccc(O)c(-n2cc(-c3ccc(-c4ccc(-c5cn(-c6cccc7c(C(=O)O)cccc67)nn5)nc4)cn3)nn2)c1. The number of esters is 1. The van der Waals surface area contributed by atoms with E-state index in [-0.39, 0.29) is 22.6 Å². The van der Waals surface area contributed by atoms with Gasteiger partial charge in [0.1, 0.15) is 22.8 Å². The third-order valence-electron chi connectivity index (χ3n) is 7.39. The van der Waals surface area contributed by atoms with Crippen molar-refractivity contribution >= 4 is 22.7 Å². The molecule has 4 aromatic heterocycles. The highest BCUT2D eigenvalue weighted by molar-refractivity contribution is 6.06. The number of phenols is 1. The van der Waals surface area contributed by atoms with E-state index in [1.54, 1.807) is 59.8 Å². The number of phenolic OH excluding ortho intramolecular Hbond substituents is 1. The van der Waals surface area contributed by atoms with Crippen LogP contribution < -0.4 is 0 Å². The number of carbonyl (C=O) groups excluding carboxylic acids is 1. The molecule has 46 heavy (non-hydrogen) atoms. The van der Waals surface area contributed by atoms with Gasteiger partial charge in [-0.15, -0.1) is 10.2 Å². The molecular formula is C33H22N8O5. The van der Waals surface area contributed by atoms with Crippen LogP contribution in [0, 0.1) is 0 Å². The number of ether oxygens (including phenoxy) is 1. The number of aromatic hydroxyl groups is 1. The van der Waals surface area contributed by atoms with E-state index in [4.69, 9.17) is 4.74 Å². The van der Waals surface area contributed by atoms with Gasteiger partial charge >= 0.3 is 11.9 Å². The summed E-state index contributed by atoms with van der Waals surface area (Å²) in [5.74, 6) is -1.61. The van der Waals surface area contributed by atoms with E-state index in [1.807, 2.05) is 30.3 Å². The molecule has 7 rings (SSSR count). The second-order valence-electron chi connectivity index (χ2n) is 10.1. The van der Waals surface area contributed by atoms with Crippen molar-refractivity contribution in [3.8, 4) is 51.0 Å². The lowest BCUT2D eigenvalue weighted by Crippen LogP contribution is -2.03. The van der Waals surface area contributed by atoms with Crippen molar-refractivity contribution in [2.45, 2.75) is 0 Å². The number of methoxy groups -OCH3 is 1. The predicted molar refractivity (Wildman–Crippen MR) is 166 cm³/mol. The smallest absolute Gasteiger partial charge is 0.337 e. The molecule has 0 amide bonds. The van der Waals surface area contributed by atoms with E-state index in [0.29, 0.717) is 33.8 Å². The molecule has 13 heteroatoms. The molecule has 0 spiro atoms. The minimum atomic E-state index is -0.995. The third-order valence-corrected chi connectivity index (χ3v) is 7.39. The van der Waals surface area contributed by atoms with E-state index in [2.05, 4.69) is 30.6 Å². The molecule has 0 saturated carbocycles. The molecule has 4 heterocycles. The quantitative estimate of drug-likeness (QED) is 0.233. The first-order valence-corrected chi connectivity index (χ1v) is 13.8. The van der Waals surface area contributed by atoms with Crippen molar-refractivity contribution in [3.63, 3.8) is 0 Å². The Kier molecular flexibility index (Phi) is 6.94. The van der Waals surface area contributed by atoms with Crippen LogP contribution in [0.25, 0.3) is 56.0 Å². The lowest BCUT2D eigenvalue weighted by atomic mass is 10.0. The van der Waals surface area contributed by atoms with Gasteiger partial charge in [0.15, 0.2) is 0 Å². The molecular weight excluding hydrogens is 588 g/mol. The van der Waals surface area contributed by atoms with E-state index in [1.165, 1.54) is 30.0 Å². The number of benzene rings is 3. The zero-order valence-corrected chi connectivity index (χ0v) is 24.0. The summed E-state index contributed by atoms with van der Waals surface area (Å²) in [4.78, 5) is 32.7. The fourth-order valence-corrected chi connectivity index (χ4v) is 5.06. The van der Waals surface area contributed by atoms with Crippen molar-refractivity contribution in [2.75, 3.05) is 7.11 Å². The maximum atomic E-state index is 11.9. The van der Waals surface area contributed by atoms with Crippen molar-refractivity contribution in [2.24, 2.45) is 0 Å². The van der Waals surface area contributed by atoms with Crippen LogP contribution in [0.3, 0.4) is 0 Å². The van der Waals surface area contributed by atoms with Gasteiger partial charge in [0.05, 0.1) is 47.7 Å². The van der Waals surface area contributed by atoms with Gasteiger partial charge in [-0.1, -0.05) is 46.8 Å². The number of carboxylic acid groups (broad SMARTS) is 1. The molecule has 0 aliphatic carbocycles. The summed E-state index contributed by atoms with van der Waals surface area (Å²) in [6.07, 6.45) is 6.77. The summed E-state index contributed by atoms with van der Waals surface area (Å²) in [6.45, 7) is 0. The number of nitrogens with zero attached hydrogens (tertiary/aromatic N) is 8. The van der Waals surface area contributed by atoms with Crippen LogP contribution in [-0.2, 0) is 4.74 Å². The summed E-state index contributed by atoms with van der Waals surface area (Å²) in [6, 6.07) is 22.3. The molecule has 7 aromatic rings. The van der Waals surface area contributed by atoms with Crippen molar-refractivity contribution in [1.82, 2.24) is 40.0 Å². The molecule has 2 N–H and O–H groups in total. The second kappa shape index (κ2) is 11.4. The largest absolute Gasteiger partial charge is 0.506 e. The van der Waals surface area contributed by atoms with Gasteiger partial charge in [0.25, 0.3) is 0 Å². The Morgan fingerprint density at radius 2 is 1.30 bits per heavy atom. The van der Waals surface area contributed by atoms with Gasteiger partial charge in [-0.2, -0.15) is 0 Å². The second-order valence-corrected chi connectivity index (χ2v) is 10.1. The first-order chi connectivity index (χ1) is 22.4. The predicted octanol–water partition coefficient (Wildman–Crippen LogP) is 4.98. The van der Waals surface area contributed by atoms with Crippen molar-refractivity contribution in [1.29, 1.82) is 0 Å². The van der Waals surface area contributed by atoms with Crippen molar-refractivity contribution in [3.05, 3.63) is 115 Å². The Morgan fingerprint density at radius 3 is 1.89 bits per heavy atom. The summed E-state index contributed by atoms with van der Waals surface area (Å²) < 4.78 is 7.72. The molecule has 0 radical (unpaired) electrons. The van der Waals surface area contributed by atoms with Crippen LogP contribution in [0.4, 0.5) is 0 Å². The van der Waals surface area contributed by atoms with Gasteiger partial charge in [0, 0.05) is 28.9 Å². The Morgan fingerprint density at radius 1 is 0.696 bits per heavy atom. The molecule has 13 nitrogen and oxygen atoms in total. The molecule has 3 aromatic carbocycles. The summed E-state index contributed by atoms with van der Waals surface area (Å²) in [7, 11) is 1.28. The number of rotatable bonds is 7. The molecule has 0 saturated heterocycles. The van der Waals surface area contributed by atoms with Crippen molar-refractivity contribution < 1.29 is 24.5 Å². The summed E-state index contributed by atoms with van der Waals surface area (Å²) in [5, 5.41) is 38.0. The number of hydrogen-bond donors (Lipinski definition) is 2. The van der Waals surface area contributed by atoms with E-state index in [0.717, 1.165) is 16.5 Å². The zero-order valence-electron chi connectivity index (χ0n) is 24.0. The standard InChI is InChI=1S/C33H22N8O5/c1-46-33(45)19-10-13-31(42)30(14-19)41-18-28(37-39-41)26-12-9-21(16-35-26)20-8-11-25(34-15-20)27-17-40(38-36-27)29-7-3-4-22-23(29)5-2-6-24(22)32(43)44/h2-18,42H,1H3,(H,43,44). The minimum absolute atomic E-state index is 0.0752. The zero-order chi connectivity index (χ0) is 31.8. The van der Waals surface area contributed by atoms with E-state index in [9.17, 15) is 19.8 Å². The van der Waals surface area contributed by atoms with Gasteiger partial charge in [-0.05, 0) is 47.9 Å². The third kappa shape index (κ3) is 5.07. The number of pyridine rings is 2. The Bertz CT molecular complexity index is 2260. The van der Waals surface area contributed by atoms with Crippen LogP contribution in [-0.4, -0.2) is 69.2 Å². The fraction of sp³-hybridized carbons (Fsp3) is 0.0303. The normalized spacial score (nSPS) is 11.1. The Labute approximate surface area is 260 Å². The first kappa shape index (κ1) is 28.0. The number of carboxylic acids is 1. The first-order valence-electron chi connectivity index (χ1n) is 13.8. The molecule has 0 unspecified atom stereocenters. The number of hydrogen-bond acceptors (Lipinski definition) is 10. The summed E-state index contributed by atoms with van der Waals surface area (Å²) in [5.41, 5.74) is 5.31. The average Bonchev–Trinajstić information content (AvgIpc) is 3.79. The van der Waals surface area contributed by atoms with Crippen LogP contribution >= 0.6 is 0 Å². The highest BCUT2D eigenvalue weighted by atomic mass is 16.5. The van der Waals surface area contributed by atoms with E-state index < -0.39 is 11.9 Å². The Balaban J connectivity index is 1.10. The minimum Gasteiger partial charge on any atom is -0.506 e. The maximum Gasteiger partial charge on any atom is 0.337 e. The monoisotopic (exact) mass is 610 g/mol. The van der Waals surface area contributed by atoms with Crippen LogP contribution in [0.1, 0.15) is 20.7 Å². The number of carbonyl (C=O) groups is 2. The maximum absolute atomic E-state index is 11.9. The Hall–Kier alpha value is -6.76. The van der Waals surface area contributed by atoms with E-state index >= 15 is 0 Å². The van der Waals surface area contributed by atoms with Crippen LogP contribution in [0.15, 0.2) is 104 Å². The van der Waals surface area contributed by atoms with Gasteiger partial charge in [-0.3, -0.25) is 9.97 Å². The van der Waals surface area contributed by atoms with Gasteiger partial charge in [0.2, 0.25) is 0 Å².